The largest absolute Gasteiger partial charge is 0.300 e. The van der Waals surface area contributed by atoms with Crippen molar-refractivity contribution in [2.75, 3.05) is 13.1 Å². The van der Waals surface area contributed by atoms with Gasteiger partial charge >= 0.3 is 0 Å². The van der Waals surface area contributed by atoms with Crippen LogP contribution in [0.3, 0.4) is 0 Å². The molecule has 0 aromatic carbocycles. The molecule has 0 amide bonds. The summed E-state index contributed by atoms with van der Waals surface area (Å²) in [7, 11) is 0. The molecule has 10 heavy (non-hydrogen) atoms. The minimum atomic E-state index is 0.740. The third-order valence-electron chi connectivity index (χ3n) is 3.29. The van der Waals surface area contributed by atoms with Crippen LogP contribution in [0.25, 0.3) is 0 Å². The molecule has 1 aliphatic heterocycles. The topological polar surface area (TPSA) is 3.24 Å². The number of hydrogen-bond donors (Lipinski definition) is 0. The zero-order valence-corrected chi connectivity index (χ0v) is 7.22. The summed E-state index contributed by atoms with van der Waals surface area (Å²) in [6, 6.07) is 0.768. The maximum Gasteiger partial charge on any atom is 0.00414 e. The normalized spacial score (nSPS) is 46.2. The summed E-state index contributed by atoms with van der Waals surface area (Å²) in [6.45, 7) is 9.76. The summed E-state index contributed by atoms with van der Waals surface area (Å²) in [5, 5.41) is 0. The van der Waals surface area contributed by atoms with Crippen molar-refractivity contribution in [2.24, 2.45) is 11.3 Å². The average Bonchev–Trinajstić information content (AvgIpc) is 2.32. The molecule has 2 fully saturated rings. The highest BCUT2D eigenvalue weighted by Crippen LogP contribution is 2.57. The van der Waals surface area contributed by atoms with Crippen molar-refractivity contribution in [3.05, 3.63) is 0 Å². The van der Waals surface area contributed by atoms with E-state index in [0.717, 1.165) is 17.4 Å². The van der Waals surface area contributed by atoms with Gasteiger partial charge in [0.05, 0.1) is 0 Å². The molecule has 0 aromatic rings. The Hall–Kier alpha value is -0.0400. The fourth-order valence-corrected chi connectivity index (χ4v) is 2.19. The summed E-state index contributed by atoms with van der Waals surface area (Å²) < 4.78 is 0. The number of hydrogen-bond acceptors (Lipinski definition) is 1. The second-order valence-corrected chi connectivity index (χ2v) is 4.58. The van der Waals surface area contributed by atoms with Gasteiger partial charge in [-0.25, -0.2) is 0 Å². The van der Waals surface area contributed by atoms with Crippen molar-refractivity contribution in [1.82, 2.24) is 4.90 Å². The minimum absolute atomic E-state index is 0.740. The molecule has 58 valence electrons. The van der Waals surface area contributed by atoms with Gasteiger partial charge in [-0.05, 0) is 31.6 Å². The van der Waals surface area contributed by atoms with E-state index in [1.165, 1.54) is 19.5 Å². The Labute approximate surface area is 63.4 Å². The molecule has 2 aliphatic rings. The van der Waals surface area contributed by atoms with Gasteiger partial charge in [-0.2, -0.15) is 0 Å². The van der Waals surface area contributed by atoms with Crippen molar-refractivity contribution < 1.29 is 0 Å². The summed E-state index contributed by atoms with van der Waals surface area (Å²) >= 11 is 0. The quantitative estimate of drug-likeness (QED) is 0.535. The molecule has 0 N–H and O–H groups in total. The van der Waals surface area contributed by atoms with Gasteiger partial charge in [-0.15, -0.1) is 0 Å². The number of nitrogens with zero attached hydrogens (tertiary/aromatic N) is 1. The molecule has 1 unspecified atom stereocenters. The van der Waals surface area contributed by atoms with Crippen LogP contribution < -0.4 is 0 Å². The van der Waals surface area contributed by atoms with Crippen molar-refractivity contribution >= 4 is 0 Å². The molecule has 1 saturated carbocycles. The second kappa shape index (κ2) is 1.76. The monoisotopic (exact) mass is 139 g/mol. The van der Waals surface area contributed by atoms with Crippen LogP contribution in [0.15, 0.2) is 0 Å². The lowest BCUT2D eigenvalue weighted by atomic mass is 10.1. The molecule has 2 atom stereocenters. The van der Waals surface area contributed by atoms with Crippen LogP contribution in [0.2, 0.25) is 0 Å². The first kappa shape index (κ1) is 6.66. The van der Waals surface area contributed by atoms with Gasteiger partial charge in [0.25, 0.3) is 0 Å². The Morgan fingerprint density at radius 1 is 1.50 bits per heavy atom. The molecule has 1 heteroatoms. The Balaban J connectivity index is 1.97. The molecule has 1 aliphatic carbocycles. The molecule has 0 bridgehead atoms. The van der Waals surface area contributed by atoms with Crippen molar-refractivity contribution in [3.8, 4) is 0 Å². The molecule has 1 heterocycles. The molecule has 0 radical (unpaired) electrons. The first-order valence-electron chi connectivity index (χ1n) is 4.36. The van der Waals surface area contributed by atoms with Crippen LogP contribution >= 0.6 is 0 Å². The first-order valence-corrected chi connectivity index (χ1v) is 4.36. The Bertz CT molecular complexity index is 153. The lowest BCUT2D eigenvalue weighted by Crippen LogP contribution is -2.31. The van der Waals surface area contributed by atoms with Crippen LogP contribution in [0.5, 0.6) is 0 Å². The van der Waals surface area contributed by atoms with Crippen LogP contribution in [-0.2, 0) is 0 Å². The van der Waals surface area contributed by atoms with Gasteiger partial charge < -0.3 is 4.90 Å². The van der Waals surface area contributed by atoms with Crippen molar-refractivity contribution in [3.63, 3.8) is 0 Å². The predicted molar refractivity (Wildman–Crippen MR) is 42.9 cm³/mol. The van der Waals surface area contributed by atoms with Crippen LogP contribution in [-0.4, -0.2) is 24.0 Å². The van der Waals surface area contributed by atoms with Crippen molar-refractivity contribution in [2.45, 2.75) is 33.2 Å². The van der Waals surface area contributed by atoms with E-state index in [1.807, 2.05) is 0 Å². The van der Waals surface area contributed by atoms with Crippen LogP contribution in [0.4, 0.5) is 0 Å². The highest BCUT2D eigenvalue weighted by atomic mass is 15.2. The highest BCUT2D eigenvalue weighted by molar-refractivity contribution is 5.07. The van der Waals surface area contributed by atoms with Gasteiger partial charge in [-0.3, -0.25) is 0 Å². The lowest BCUT2D eigenvalue weighted by molar-refractivity contribution is 0.234. The Morgan fingerprint density at radius 3 is 2.50 bits per heavy atom. The SMILES string of the molecule is CC(C)N1CC2C[C@@]2(C)C1. The van der Waals surface area contributed by atoms with E-state index in [-0.39, 0.29) is 0 Å². The van der Waals surface area contributed by atoms with Crippen molar-refractivity contribution in [1.29, 1.82) is 0 Å². The number of fused-ring (bicyclic) bond motifs is 1. The molecular weight excluding hydrogens is 122 g/mol. The third kappa shape index (κ3) is 0.800. The first-order chi connectivity index (χ1) is 4.62. The average molecular weight is 139 g/mol. The molecular formula is C9H17N. The summed E-state index contributed by atoms with van der Waals surface area (Å²) in [5.74, 6) is 1.05. The number of likely N-dealkylation sites (tertiary alicyclic amines) is 1. The Morgan fingerprint density at radius 2 is 2.20 bits per heavy atom. The lowest BCUT2D eigenvalue weighted by Gasteiger charge is -2.22. The maximum atomic E-state index is 2.61. The van der Waals surface area contributed by atoms with Gasteiger partial charge in [0.2, 0.25) is 0 Å². The molecule has 2 rings (SSSR count). The standard InChI is InChI=1S/C9H17N/c1-7(2)10-5-8-4-9(8,3)6-10/h7-8H,4-6H2,1-3H3/t8?,9-/m0/s1. The highest BCUT2D eigenvalue weighted by Gasteiger charge is 2.56. The van der Waals surface area contributed by atoms with E-state index in [2.05, 4.69) is 25.7 Å². The minimum Gasteiger partial charge on any atom is -0.300 e. The van der Waals surface area contributed by atoms with E-state index < -0.39 is 0 Å². The molecule has 1 saturated heterocycles. The smallest absolute Gasteiger partial charge is 0.00414 e. The predicted octanol–water partition coefficient (Wildman–Crippen LogP) is 1.74. The maximum absolute atomic E-state index is 2.61. The van der Waals surface area contributed by atoms with E-state index in [0.29, 0.717) is 0 Å². The third-order valence-corrected chi connectivity index (χ3v) is 3.29. The molecule has 1 nitrogen and oxygen atoms in total. The van der Waals surface area contributed by atoms with Gasteiger partial charge in [-0.1, -0.05) is 6.92 Å². The number of rotatable bonds is 1. The summed E-state index contributed by atoms with van der Waals surface area (Å²) in [6.07, 6.45) is 1.50. The molecule has 0 spiro atoms. The fourth-order valence-electron chi connectivity index (χ4n) is 2.19. The Kier molecular flexibility index (Phi) is 1.17. The zero-order valence-electron chi connectivity index (χ0n) is 7.22. The zero-order chi connectivity index (χ0) is 7.35. The van der Waals surface area contributed by atoms with E-state index >= 15 is 0 Å². The summed E-state index contributed by atoms with van der Waals surface area (Å²) in [4.78, 5) is 2.61. The van der Waals surface area contributed by atoms with E-state index in [4.69, 9.17) is 0 Å². The van der Waals surface area contributed by atoms with Gasteiger partial charge in [0.1, 0.15) is 0 Å². The number of piperidine rings is 1. The summed E-state index contributed by atoms with van der Waals surface area (Å²) in [5.41, 5.74) is 0.740. The van der Waals surface area contributed by atoms with E-state index in [9.17, 15) is 0 Å². The van der Waals surface area contributed by atoms with Gasteiger partial charge in [0, 0.05) is 19.1 Å². The van der Waals surface area contributed by atoms with Crippen LogP contribution in [0.1, 0.15) is 27.2 Å². The van der Waals surface area contributed by atoms with E-state index in [1.54, 1.807) is 0 Å². The molecule has 0 aromatic heterocycles. The van der Waals surface area contributed by atoms with Crippen LogP contribution in [0, 0.1) is 11.3 Å². The van der Waals surface area contributed by atoms with Gasteiger partial charge in [0.15, 0.2) is 0 Å². The second-order valence-electron chi connectivity index (χ2n) is 4.58. The fraction of sp³-hybridized carbons (Fsp3) is 1.00.